The third kappa shape index (κ3) is 2.00. The molecule has 1 aliphatic rings. The van der Waals surface area contributed by atoms with Crippen LogP contribution in [0.5, 0.6) is 0 Å². The first-order valence-electron chi connectivity index (χ1n) is 6.93. The third-order valence-electron chi connectivity index (χ3n) is 3.92. The van der Waals surface area contributed by atoms with E-state index < -0.39 is 20.7 Å². The number of carbonyl (C=O) groups excluding carboxylic acids is 1. The zero-order chi connectivity index (χ0) is 16.0. The third-order valence-corrected chi connectivity index (χ3v) is 6.24. The van der Waals surface area contributed by atoms with Crippen LogP contribution in [0.25, 0.3) is 10.9 Å². The van der Waals surface area contributed by atoms with Crippen LogP contribution in [-0.4, -0.2) is 30.8 Å². The Morgan fingerprint density at radius 3 is 2.73 bits per heavy atom. The maximum atomic E-state index is 13.0. The summed E-state index contributed by atoms with van der Waals surface area (Å²) in [5.74, 6) is -0.970. The van der Waals surface area contributed by atoms with Crippen LogP contribution in [0, 0.1) is 6.92 Å². The summed E-state index contributed by atoms with van der Waals surface area (Å²) < 4.78 is 31.4. The summed E-state index contributed by atoms with van der Waals surface area (Å²) in [5.41, 5.74) is 6.70. The van der Waals surface area contributed by atoms with Crippen LogP contribution in [0.2, 0.25) is 0 Å². The molecule has 3 rings (SSSR count). The van der Waals surface area contributed by atoms with Gasteiger partial charge in [-0.25, -0.2) is 8.42 Å². The Morgan fingerprint density at radius 2 is 2.09 bits per heavy atom. The Kier molecular flexibility index (Phi) is 3.41. The molecule has 2 aromatic rings. The predicted molar refractivity (Wildman–Crippen MR) is 80.8 cm³/mol. The molecule has 7 heteroatoms. The van der Waals surface area contributed by atoms with E-state index in [4.69, 9.17) is 10.5 Å². The number of hydrogen-bond acceptors (Lipinski definition) is 5. The molecular formula is C15H16N2O4S. The number of benzene rings is 1. The number of primary amides is 1. The van der Waals surface area contributed by atoms with Gasteiger partial charge in [-0.2, -0.15) is 0 Å². The number of carbonyl (C=O) groups is 1. The van der Waals surface area contributed by atoms with E-state index in [0.717, 1.165) is 5.69 Å². The molecule has 2 N–H and O–H groups in total. The van der Waals surface area contributed by atoms with Gasteiger partial charge < -0.3 is 10.5 Å². The number of fused-ring (bicyclic) bond motifs is 1. The maximum Gasteiger partial charge on any atom is 0.265 e. The van der Waals surface area contributed by atoms with Crippen LogP contribution in [0.15, 0.2) is 35.2 Å². The summed E-state index contributed by atoms with van der Waals surface area (Å²) in [6.07, 6.45) is 0.546. The fourth-order valence-electron chi connectivity index (χ4n) is 2.79. The van der Waals surface area contributed by atoms with Gasteiger partial charge in [0.1, 0.15) is 0 Å². The van der Waals surface area contributed by atoms with Crippen molar-refractivity contribution in [2.45, 2.75) is 29.6 Å². The molecule has 1 amide bonds. The van der Waals surface area contributed by atoms with Crippen LogP contribution in [0.3, 0.4) is 0 Å². The second-order valence-electron chi connectivity index (χ2n) is 5.35. The molecule has 22 heavy (non-hydrogen) atoms. The van der Waals surface area contributed by atoms with Crippen molar-refractivity contribution in [3.63, 3.8) is 0 Å². The van der Waals surface area contributed by atoms with Gasteiger partial charge in [0.05, 0.1) is 10.4 Å². The second kappa shape index (κ2) is 5.03. The zero-order valence-corrected chi connectivity index (χ0v) is 12.9. The molecule has 1 aromatic heterocycles. The Hall–Kier alpha value is -1.99. The van der Waals surface area contributed by atoms with E-state index in [1.165, 1.54) is 6.07 Å². The summed E-state index contributed by atoms with van der Waals surface area (Å²) in [6.45, 7) is 2.02. The number of ether oxygens (including phenoxy) is 1. The summed E-state index contributed by atoms with van der Waals surface area (Å²) in [7, 11) is -4.08. The lowest BCUT2D eigenvalue weighted by Crippen LogP contribution is -2.50. The van der Waals surface area contributed by atoms with Crippen molar-refractivity contribution in [2.24, 2.45) is 5.73 Å². The Bertz CT molecular complexity index is 855. The van der Waals surface area contributed by atoms with Gasteiger partial charge in [0, 0.05) is 24.1 Å². The van der Waals surface area contributed by atoms with Crippen molar-refractivity contribution in [2.75, 3.05) is 6.61 Å². The van der Waals surface area contributed by atoms with Crippen molar-refractivity contribution in [1.82, 2.24) is 4.98 Å². The van der Waals surface area contributed by atoms with Gasteiger partial charge >= 0.3 is 0 Å². The first-order valence-corrected chi connectivity index (χ1v) is 8.42. The molecule has 1 aliphatic heterocycles. The van der Waals surface area contributed by atoms with E-state index in [9.17, 15) is 13.2 Å². The van der Waals surface area contributed by atoms with Crippen molar-refractivity contribution in [1.29, 1.82) is 0 Å². The molecule has 1 fully saturated rings. The number of pyridine rings is 1. The average molecular weight is 320 g/mol. The number of nitrogens with two attached hydrogens (primary N) is 1. The average Bonchev–Trinajstić information content (AvgIpc) is 2.97. The molecule has 1 saturated heterocycles. The summed E-state index contributed by atoms with van der Waals surface area (Å²) in [5, 5.41) is 0.462. The second-order valence-corrected chi connectivity index (χ2v) is 7.45. The van der Waals surface area contributed by atoms with Gasteiger partial charge in [-0.3, -0.25) is 9.78 Å². The Morgan fingerprint density at radius 1 is 1.32 bits per heavy atom. The molecule has 1 aromatic carbocycles. The quantitative estimate of drug-likeness (QED) is 0.919. The minimum Gasteiger partial charge on any atom is -0.366 e. The largest absolute Gasteiger partial charge is 0.366 e. The van der Waals surface area contributed by atoms with Crippen LogP contribution in [-0.2, 0) is 19.4 Å². The molecule has 0 bridgehead atoms. The monoisotopic (exact) mass is 320 g/mol. The van der Waals surface area contributed by atoms with Crippen molar-refractivity contribution < 1.29 is 17.9 Å². The first-order chi connectivity index (χ1) is 10.4. The highest BCUT2D eigenvalue weighted by Crippen LogP contribution is 2.38. The highest BCUT2D eigenvalue weighted by atomic mass is 32.2. The first kappa shape index (κ1) is 14.9. The fourth-order valence-corrected chi connectivity index (χ4v) is 4.78. The standard InChI is InChI=1S/C15H16N2O4S/c1-10-6-7-11-12(17-10)4-2-5-13(11)22(19,20)15(14(16)18)8-3-9-21-15/h2,4-7H,3,8-9H2,1H3,(H2,16,18). The predicted octanol–water partition coefficient (Wildman–Crippen LogP) is 1.31. The smallest absolute Gasteiger partial charge is 0.265 e. The SMILES string of the molecule is Cc1ccc2c(S(=O)(=O)C3(C(N)=O)CCCO3)cccc2n1. The van der Waals surface area contributed by atoms with Crippen LogP contribution in [0.1, 0.15) is 18.5 Å². The van der Waals surface area contributed by atoms with E-state index >= 15 is 0 Å². The van der Waals surface area contributed by atoms with Crippen LogP contribution < -0.4 is 5.73 Å². The zero-order valence-electron chi connectivity index (χ0n) is 12.1. The molecular weight excluding hydrogens is 304 g/mol. The maximum absolute atomic E-state index is 13.0. The lowest BCUT2D eigenvalue weighted by Gasteiger charge is -2.25. The number of nitrogens with zero attached hydrogens (tertiary/aromatic N) is 1. The molecule has 1 unspecified atom stereocenters. The van der Waals surface area contributed by atoms with E-state index in [-0.39, 0.29) is 17.9 Å². The van der Waals surface area contributed by atoms with Crippen LogP contribution in [0.4, 0.5) is 0 Å². The van der Waals surface area contributed by atoms with E-state index in [1.807, 2.05) is 6.92 Å². The number of rotatable bonds is 3. The fraction of sp³-hybridized carbons (Fsp3) is 0.333. The Labute approximate surface area is 128 Å². The highest BCUT2D eigenvalue weighted by molar-refractivity contribution is 7.93. The lowest BCUT2D eigenvalue weighted by molar-refractivity contribution is -0.129. The number of sulfone groups is 1. The number of hydrogen-bond donors (Lipinski definition) is 1. The summed E-state index contributed by atoms with van der Waals surface area (Å²) >= 11 is 0. The number of aromatic nitrogens is 1. The molecule has 1 atom stereocenters. The van der Waals surface area contributed by atoms with Gasteiger partial charge in [-0.1, -0.05) is 6.07 Å². The molecule has 6 nitrogen and oxygen atoms in total. The molecule has 0 saturated carbocycles. The molecule has 116 valence electrons. The van der Waals surface area contributed by atoms with Crippen molar-refractivity contribution >= 4 is 26.6 Å². The molecule has 0 aliphatic carbocycles. The van der Waals surface area contributed by atoms with Gasteiger partial charge in [0.2, 0.25) is 9.84 Å². The highest BCUT2D eigenvalue weighted by Gasteiger charge is 2.54. The van der Waals surface area contributed by atoms with Crippen molar-refractivity contribution in [3.05, 3.63) is 36.0 Å². The lowest BCUT2D eigenvalue weighted by atomic mass is 10.2. The van der Waals surface area contributed by atoms with E-state index in [2.05, 4.69) is 4.98 Å². The van der Waals surface area contributed by atoms with Gasteiger partial charge in [0.25, 0.3) is 10.8 Å². The number of amides is 1. The van der Waals surface area contributed by atoms with Crippen molar-refractivity contribution in [3.8, 4) is 0 Å². The Balaban J connectivity index is 2.28. The van der Waals surface area contributed by atoms with Crippen LogP contribution >= 0.6 is 0 Å². The number of aryl methyl sites for hydroxylation is 1. The minimum absolute atomic E-state index is 0.0261. The molecule has 2 heterocycles. The van der Waals surface area contributed by atoms with E-state index in [1.54, 1.807) is 24.3 Å². The summed E-state index contributed by atoms with van der Waals surface area (Å²) in [4.78, 5) is 14.2. The van der Waals surface area contributed by atoms with E-state index in [0.29, 0.717) is 17.3 Å². The van der Waals surface area contributed by atoms with Gasteiger partial charge in [-0.15, -0.1) is 0 Å². The van der Waals surface area contributed by atoms with Gasteiger partial charge in [-0.05, 0) is 37.6 Å². The molecule has 0 spiro atoms. The molecule has 0 radical (unpaired) electrons. The minimum atomic E-state index is -4.08. The summed E-state index contributed by atoms with van der Waals surface area (Å²) in [6, 6.07) is 8.21. The van der Waals surface area contributed by atoms with Gasteiger partial charge in [0.15, 0.2) is 0 Å². The topological polar surface area (TPSA) is 99.3 Å². The normalized spacial score (nSPS) is 22.0.